The van der Waals surface area contributed by atoms with Crippen LogP contribution in [0.25, 0.3) is 201 Å². The van der Waals surface area contributed by atoms with Crippen LogP contribution in [0.3, 0.4) is 0 Å². The van der Waals surface area contributed by atoms with Gasteiger partial charge >= 0.3 is 0 Å². The quantitative estimate of drug-likeness (QED) is 0.106. The van der Waals surface area contributed by atoms with E-state index in [2.05, 4.69) is 184 Å². The molecule has 20 rings (SSSR count). The topological polar surface area (TPSA) is 168 Å². The molecule has 0 aliphatic carbocycles. The minimum Gasteiger partial charge on any atom is -0.247 e. The van der Waals surface area contributed by atoms with Crippen molar-refractivity contribution in [1.29, 1.82) is 0 Å². The van der Waals surface area contributed by atoms with Crippen molar-refractivity contribution in [3.63, 3.8) is 0 Å². The highest BCUT2D eigenvalue weighted by atomic mass is 16.6. The summed E-state index contributed by atoms with van der Waals surface area (Å²) in [6.07, 6.45) is 0. The number of benzene rings is 14. The molecular weight excluding hydrogens is 1300 g/mol. The molecule has 13 nitrogen and oxygen atoms in total. The zero-order valence-electron chi connectivity index (χ0n) is 56.6. The minimum atomic E-state index is 0.613. The molecule has 0 fully saturated rings. The van der Waals surface area contributed by atoms with E-state index in [1.54, 1.807) is 0 Å². The number of hydrogen-bond donors (Lipinski definition) is 0. The third-order valence-electron chi connectivity index (χ3n) is 19.4. The van der Waals surface area contributed by atoms with E-state index in [0.717, 1.165) is 161 Å². The Labute approximate surface area is 607 Å². The lowest BCUT2D eigenvalue weighted by Crippen LogP contribution is -2.00. The SMILES string of the molecule is c1ccc(-c2cc(-c3ccc(-c4ccc5nc(-c6ccccc6)c6cc(-c7ccccc7)c7nonc7c6c5c4)cc3)nc(-c3ccccc3)n2)cc1.c1ccc(-c2nc(-c3ccccc3)nc(-c3ccc(-c4ccc5nc(-c6ccccc6)c6cc(-c7ccccc7)c7nonc7c6c5c4)cc3)n2)cc1. The van der Waals surface area contributed by atoms with E-state index >= 15 is 0 Å². The molecule has 106 heavy (non-hydrogen) atoms. The van der Waals surface area contributed by atoms with Crippen molar-refractivity contribution < 1.29 is 9.26 Å². The van der Waals surface area contributed by atoms with Crippen LogP contribution in [0.5, 0.6) is 0 Å². The summed E-state index contributed by atoms with van der Waals surface area (Å²) in [5.41, 5.74) is 24.2. The van der Waals surface area contributed by atoms with Crippen LogP contribution in [0.1, 0.15) is 0 Å². The Morgan fingerprint density at radius 2 is 0.453 bits per heavy atom. The van der Waals surface area contributed by atoms with Crippen LogP contribution in [0, 0.1) is 0 Å². The van der Waals surface area contributed by atoms with Crippen molar-refractivity contribution in [3.05, 3.63) is 346 Å². The molecule has 0 amide bonds. The van der Waals surface area contributed by atoms with Crippen LogP contribution >= 0.6 is 0 Å². The normalized spacial score (nSPS) is 11.4. The Hall–Kier alpha value is -14.7. The number of fused-ring (bicyclic) bond motifs is 10. The zero-order valence-corrected chi connectivity index (χ0v) is 56.6. The summed E-state index contributed by atoms with van der Waals surface area (Å²) in [5, 5.41) is 23.6. The third-order valence-corrected chi connectivity index (χ3v) is 19.4. The van der Waals surface area contributed by atoms with E-state index in [4.69, 9.17) is 44.1 Å². The fourth-order valence-corrected chi connectivity index (χ4v) is 14.1. The monoisotopic (exact) mass is 1360 g/mol. The molecule has 0 unspecified atom stereocenters. The van der Waals surface area contributed by atoms with Crippen LogP contribution in [-0.2, 0) is 0 Å². The van der Waals surface area contributed by atoms with Crippen LogP contribution in [0.4, 0.5) is 0 Å². The fourth-order valence-electron chi connectivity index (χ4n) is 14.1. The molecule has 0 spiro atoms. The predicted molar refractivity (Wildman–Crippen MR) is 423 cm³/mol. The fraction of sp³-hybridized carbons (Fsp3) is 0. The number of hydrogen-bond acceptors (Lipinski definition) is 13. The van der Waals surface area contributed by atoms with Gasteiger partial charge in [0.25, 0.3) is 0 Å². The molecule has 0 bridgehead atoms. The van der Waals surface area contributed by atoms with Crippen molar-refractivity contribution in [2.75, 3.05) is 0 Å². The lowest BCUT2D eigenvalue weighted by molar-refractivity contribution is 0.316. The van der Waals surface area contributed by atoms with Crippen molar-refractivity contribution in [1.82, 2.24) is 55.5 Å². The van der Waals surface area contributed by atoms with Gasteiger partial charge in [0.15, 0.2) is 23.3 Å². The Kier molecular flexibility index (Phi) is 15.9. The maximum atomic E-state index is 5.44. The lowest BCUT2D eigenvalue weighted by atomic mass is 9.92. The van der Waals surface area contributed by atoms with Crippen LogP contribution in [0.2, 0.25) is 0 Å². The van der Waals surface area contributed by atoms with E-state index < -0.39 is 0 Å². The minimum absolute atomic E-state index is 0.613. The van der Waals surface area contributed by atoms with E-state index in [9.17, 15) is 0 Å². The highest BCUT2D eigenvalue weighted by molar-refractivity contribution is 6.25. The summed E-state index contributed by atoms with van der Waals surface area (Å²) >= 11 is 0. The first kappa shape index (κ1) is 62.3. The number of pyridine rings is 2. The number of rotatable bonds is 12. The third kappa shape index (κ3) is 11.8. The number of nitrogens with zero attached hydrogens (tertiary/aromatic N) is 11. The van der Waals surface area contributed by atoms with Crippen LogP contribution in [-0.4, -0.2) is 55.5 Å². The first-order valence-electron chi connectivity index (χ1n) is 34.9. The molecule has 14 aromatic carbocycles. The van der Waals surface area contributed by atoms with Gasteiger partial charge in [-0.3, -0.25) is 0 Å². The van der Waals surface area contributed by atoms with Crippen LogP contribution < -0.4 is 0 Å². The average molecular weight is 1360 g/mol. The molecule has 0 atom stereocenters. The average Bonchev–Trinajstić information content (AvgIpc) is 1.26. The molecule has 0 radical (unpaired) electrons. The van der Waals surface area contributed by atoms with Gasteiger partial charge in [-0.25, -0.2) is 44.1 Å². The second-order valence-corrected chi connectivity index (χ2v) is 25.9. The van der Waals surface area contributed by atoms with Gasteiger partial charge in [-0.2, -0.15) is 0 Å². The van der Waals surface area contributed by atoms with E-state index in [1.807, 2.05) is 182 Å². The standard InChI is InChI=1S/C47H29N5O.C46H28N6O/c1-5-13-31(14-6-1)37-28-39-43(46-45(37)51-53-52-46)38-27-36(25-26-40(38)48-44(39)34-17-9-3-10-18-34)30-21-23-33(24-22-30)42-29-41(32-15-7-2-8-16-32)49-47(50-42)35-19-11-4-12-20-35;1-5-13-30(14-6-1)36-28-38-40(43-42(36)51-53-52-43)37-27-35(25-26-39(37)47-41(38)31-15-7-2-8-16-31)29-21-23-34(24-22-29)46-49-44(32-17-9-3-10-18-32)48-45(50-46)33-19-11-4-12-20-33/h1-29H;1-28H. The zero-order chi connectivity index (χ0) is 70.3. The van der Waals surface area contributed by atoms with Gasteiger partial charge in [0, 0.05) is 88.0 Å². The Morgan fingerprint density at radius 3 is 0.821 bits per heavy atom. The lowest BCUT2D eigenvalue weighted by Gasteiger charge is -2.14. The molecule has 6 aromatic heterocycles. The molecule has 6 heterocycles. The number of aromatic nitrogens is 11. The summed E-state index contributed by atoms with van der Waals surface area (Å²) in [4.78, 5) is 35.1. The van der Waals surface area contributed by atoms with Gasteiger partial charge in [-0.15, -0.1) is 0 Å². The highest BCUT2D eigenvalue weighted by Crippen LogP contribution is 2.45. The summed E-state index contributed by atoms with van der Waals surface area (Å²) < 4.78 is 10.9. The van der Waals surface area contributed by atoms with E-state index in [1.165, 1.54) is 0 Å². The van der Waals surface area contributed by atoms with Gasteiger partial charge in [-0.05, 0) is 96.5 Å². The van der Waals surface area contributed by atoms with Crippen molar-refractivity contribution in [2.45, 2.75) is 0 Å². The van der Waals surface area contributed by atoms with E-state index in [0.29, 0.717) is 39.8 Å². The molecule has 0 aliphatic rings. The molecule has 496 valence electrons. The summed E-state index contributed by atoms with van der Waals surface area (Å²) in [7, 11) is 0. The van der Waals surface area contributed by atoms with Gasteiger partial charge < -0.3 is 0 Å². The summed E-state index contributed by atoms with van der Waals surface area (Å²) in [6, 6.07) is 118. The maximum absolute atomic E-state index is 5.44. The molecule has 0 N–H and O–H groups in total. The predicted octanol–water partition coefficient (Wildman–Crippen LogP) is 22.8. The van der Waals surface area contributed by atoms with Crippen molar-refractivity contribution >= 4 is 65.4 Å². The van der Waals surface area contributed by atoms with Gasteiger partial charge in [0.2, 0.25) is 0 Å². The smallest absolute Gasteiger partial charge is 0.164 e. The second-order valence-electron chi connectivity index (χ2n) is 25.9. The molecule has 0 saturated carbocycles. The van der Waals surface area contributed by atoms with Crippen LogP contribution in [0.15, 0.2) is 355 Å². The summed E-state index contributed by atoms with van der Waals surface area (Å²) in [5.74, 6) is 2.57. The highest BCUT2D eigenvalue weighted by Gasteiger charge is 2.24. The molecule has 13 heteroatoms. The van der Waals surface area contributed by atoms with E-state index in [-0.39, 0.29) is 0 Å². The first-order chi connectivity index (χ1) is 52.5. The van der Waals surface area contributed by atoms with Gasteiger partial charge in [0.05, 0.1) is 33.8 Å². The molecule has 20 aromatic rings. The Morgan fingerprint density at radius 1 is 0.179 bits per heavy atom. The van der Waals surface area contributed by atoms with Crippen molar-refractivity contribution in [3.8, 4) is 135 Å². The largest absolute Gasteiger partial charge is 0.247 e. The van der Waals surface area contributed by atoms with Crippen molar-refractivity contribution in [2.24, 2.45) is 0 Å². The Balaban J connectivity index is 0.000000145. The van der Waals surface area contributed by atoms with Gasteiger partial charge in [0.1, 0.15) is 22.1 Å². The molecular formula is C93H57N11O2. The molecule has 0 aliphatic heterocycles. The first-order valence-corrected chi connectivity index (χ1v) is 34.9. The second kappa shape index (κ2) is 27.0. The summed E-state index contributed by atoms with van der Waals surface area (Å²) in [6.45, 7) is 0. The van der Waals surface area contributed by atoms with Gasteiger partial charge in [-0.1, -0.05) is 303 Å². The maximum Gasteiger partial charge on any atom is 0.164 e. The Bertz CT molecular complexity index is 6120. The molecule has 0 saturated heterocycles.